The molecule has 4 aliphatic rings. The lowest BCUT2D eigenvalue weighted by atomic mass is 10.0. The molecule has 1 N–H and O–H groups in total. The molecule has 4 rings (SSSR count). The van der Waals surface area contributed by atoms with Crippen molar-refractivity contribution in [1.29, 1.82) is 0 Å². The summed E-state index contributed by atoms with van der Waals surface area (Å²) in [4.78, 5) is 21.1. The predicted molar refractivity (Wildman–Crippen MR) is 195 cm³/mol. The van der Waals surface area contributed by atoms with Gasteiger partial charge in [0, 0.05) is 47.9 Å². The number of aliphatic hydroxyl groups is 1. The average molecular weight is 655 g/mol. The molecule has 8 heteroatoms. The second-order valence-electron chi connectivity index (χ2n) is 18.0. The van der Waals surface area contributed by atoms with Gasteiger partial charge < -0.3 is 14.6 Å². The summed E-state index contributed by atoms with van der Waals surface area (Å²) in [7, 11) is 3.25. The van der Waals surface area contributed by atoms with Crippen molar-refractivity contribution >= 4 is 5.97 Å². The minimum Gasteiger partial charge on any atom is -0.468 e. The van der Waals surface area contributed by atoms with Crippen LogP contribution >= 0.6 is 0 Å². The van der Waals surface area contributed by atoms with E-state index in [1.54, 1.807) is 7.11 Å². The highest BCUT2D eigenvalue weighted by Gasteiger charge is 2.38. The first-order valence-corrected chi connectivity index (χ1v) is 18.3. The third-order valence-electron chi connectivity index (χ3n) is 10.0. The number of ether oxygens (including phenoxy) is 2. The Bertz CT molecular complexity index is 855. The maximum atomic E-state index is 11.4. The van der Waals surface area contributed by atoms with E-state index < -0.39 is 0 Å². The third kappa shape index (κ3) is 14.4. The Labute approximate surface area is 285 Å². The first-order valence-electron chi connectivity index (χ1n) is 18.3. The highest BCUT2D eigenvalue weighted by molar-refractivity contribution is 5.76. The molecule has 4 heterocycles. The molecule has 0 radical (unpaired) electrons. The highest BCUT2D eigenvalue weighted by atomic mass is 16.5. The van der Waals surface area contributed by atoms with Crippen LogP contribution in [0.1, 0.15) is 135 Å². The van der Waals surface area contributed by atoms with Crippen LogP contribution in [-0.2, 0) is 14.3 Å². The van der Waals surface area contributed by atoms with E-state index >= 15 is 0 Å². The molecular formula is C38H78N4O4. The predicted octanol–water partition coefficient (Wildman–Crippen LogP) is 6.69. The van der Waals surface area contributed by atoms with Gasteiger partial charge in [-0.3, -0.25) is 24.4 Å². The number of carbonyl (C=O) groups excluding carboxylic acids is 1. The maximum absolute atomic E-state index is 11.4. The molecule has 0 aromatic rings. The lowest BCUT2D eigenvalue weighted by Crippen LogP contribution is -2.48. The molecule has 4 aliphatic heterocycles. The molecule has 0 amide bonds. The number of hydrogen-bond donors (Lipinski definition) is 1. The number of likely N-dealkylation sites (tertiary alicyclic amines) is 4. The van der Waals surface area contributed by atoms with Crippen molar-refractivity contribution in [3.63, 3.8) is 0 Å². The Morgan fingerprint density at radius 3 is 1.46 bits per heavy atom. The van der Waals surface area contributed by atoms with Gasteiger partial charge in [0.15, 0.2) is 0 Å². The van der Waals surface area contributed by atoms with Crippen LogP contribution in [0.25, 0.3) is 0 Å². The first-order chi connectivity index (χ1) is 21.1. The third-order valence-corrected chi connectivity index (χ3v) is 10.0. The second-order valence-corrected chi connectivity index (χ2v) is 18.0. The number of esters is 1. The van der Waals surface area contributed by atoms with Gasteiger partial charge in [-0.15, -0.1) is 0 Å². The van der Waals surface area contributed by atoms with E-state index in [2.05, 4.69) is 110 Å². The Morgan fingerprint density at radius 1 is 0.652 bits per heavy atom. The zero-order valence-electron chi connectivity index (χ0n) is 33.2. The summed E-state index contributed by atoms with van der Waals surface area (Å²) >= 11 is 0. The second kappa shape index (κ2) is 18.8. The van der Waals surface area contributed by atoms with Crippen molar-refractivity contribution in [2.75, 3.05) is 60.2 Å². The normalized spacial score (nSPS) is 27.0. The SMILES string of the molecule is CC(C)(C)N1CCCC1CO.CC1CCN(C(C)(C)C)C1.COC(=O)C1CCCN1C(C)(C)C.COCC1CCCN1C(C)(C)C. The van der Waals surface area contributed by atoms with Crippen LogP contribution < -0.4 is 0 Å². The number of methoxy groups -OCH3 is 2. The van der Waals surface area contributed by atoms with Crippen molar-refractivity contribution in [1.82, 2.24) is 19.6 Å². The van der Waals surface area contributed by atoms with Crippen LogP contribution in [0.4, 0.5) is 0 Å². The summed E-state index contributed by atoms with van der Waals surface area (Å²) in [6.45, 7) is 36.3. The van der Waals surface area contributed by atoms with Crippen LogP contribution in [-0.4, -0.2) is 131 Å². The highest BCUT2D eigenvalue weighted by Crippen LogP contribution is 2.28. The van der Waals surface area contributed by atoms with Gasteiger partial charge in [-0.05, 0) is 160 Å². The van der Waals surface area contributed by atoms with E-state index in [9.17, 15) is 4.79 Å². The van der Waals surface area contributed by atoms with Gasteiger partial charge in [0.05, 0.1) is 20.3 Å². The quantitative estimate of drug-likeness (QED) is 0.337. The van der Waals surface area contributed by atoms with Crippen LogP contribution in [0, 0.1) is 5.92 Å². The van der Waals surface area contributed by atoms with Gasteiger partial charge in [0.1, 0.15) is 6.04 Å². The molecule has 8 nitrogen and oxygen atoms in total. The first kappa shape index (κ1) is 43.3. The molecule has 4 atom stereocenters. The zero-order valence-corrected chi connectivity index (χ0v) is 33.2. The monoisotopic (exact) mass is 655 g/mol. The smallest absolute Gasteiger partial charge is 0.323 e. The summed E-state index contributed by atoms with van der Waals surface area (Å²) < 4.78 is 9.99. The van der Waals surface area contributed by atoms with Gasteiger partial charge in [0.2, 0.25) is 0 Å². The van der Waals surface area contributed by atoms with E-state index in [1.165, 1.54) is 52.4 Å². The fraction of sp³-hybridized carbons (Fsp3) is 0.974. The Balaban J connectivity index is 0.000000308. The van der Waals surface area contributed by atoms with Crippen molar-refractivity contribution < 1.29 is 19.4 Å². The van der Waals surface area contributed by atoms with Crippen molar-refractivity contribution in [2.24, 2.45) is 5.92 Å². The number of aliphatic hydroxyl groups excluding tert-OH is 1. The summed E-state index contributed by atoms with van der Waals surface area (Å²) in [6.07, 6.45) is 8.44. The molecule has 274 valence electrons. The molecule has 0 spiro atoms. The van der Waals surface area contributed by atoms with Crippen LogP contribution in [0.2, 0.25) is 0 Å². The van der Waals surface area contributed by atoms with Gasteiger partial charge in [-0.1, -0.05) is 6.92 Å². The van der Waals surface area contributed by atoms with Crippen LogP contribution in [0.3, 0.4) is 0 Å². The minimum absolute atomic E-state index is 0.0231. The van der Waals surface area contributed by atoms with Crippen molar-refractivity contribution in [2.45, 2.75) is 175 Å². The Kier molecular flexibility index (Phi) is 17.7. The van der Waals surface area contributed by atoms with Gasteiger partial charge in [-0.25, -0.2) is 0 Å². The number of rotatable bonds is 4. The van der Waals surface area contributed by atoms with Gasteiger partial charge in [0.25, 0.3) is 0 Å². The standard InChI is InChI=1S/C10H19NO2.C10H21NO.C9H19NO.C9H19N/c1-10(2,3)11-7-5-6-8(11)9(12)13-4;1-10(2,3)11-7-5-6-9(11)8-12-4;1-9(2,3)10-6-4-5-8(10)7-11;1-8-5-6-10(7-8)9(2,3)4/h8H,5-7H2,1-4H3;9H,5-8H2,1-4H3;8,11H,4-7H2,1-3H3;8H,5-7H2,1-4H3. The molecule has 0 aliphatic carbocycles. The molecule has 4 unspecified atom stereocenters. The Hall–Kier alpha value is -0.770. The van der Waals surface area contributed by atoms with E-state index in [4.69, 9.17) is 14.6 Å². The van der Waals surface area contributed by atoms with Crippen LogP contribution in [0.5, 0.6) is 0 Å². The summed E-state index contributed by atoms with van der Waals surface area (Å²) in [5.41, 5.74) is 0.990. The van der Waals surface area contributed by atoms with E-state index in [0.717, 1.165) is 44.9 Å². The topological polar surface area (TPSA) is 68.7 Å². The van der Waals surface area contributed by atoms with E-state index in [-0.39, 0.29) is 23.1 Å². The minimum atomic E-state index is -0.0903. The average Bonchev–Trinajstić information content (AvgIpc) is 3.74. The molecule has 0 saturated carbocycles. The molecule has 0 bridgehead atoms. The molecule has 4 fully saturated rings. The molecule has 0 aromatic carbocycles. The summed E-state index contributed by atoms with van der Waals surface area (Å²) in [5.74, 6) is 0.826. The number of carbonyl (C=O) groups is 1. The summed E-state index contributed by atoms with van der Waals surface area (Å²) in [6, 6.07) is 1.04. The number of hydrogen-bond acceptors (Lipinski definition) is 8. The fourth-order valence-corrected chi connectivity index (χ4v) is 7.49. The lowest BCUT2D eigenvalue weighted by molar-refractivity contribution is -0.147. The lowest BCUT2D eigenvalue weighted by Gasteiger charge is -2.36. The largest absolute Gasteiger partial charge is 0.468 e. The van der Waals surface area contributed by atoms with E-state index in [1.807, 2.05) is 0 Å². The zero-order chi connectivity index (χ0) is 35.5. The van der Waals surface area contributed by atoms with Crippen molar-refractivity contribution in [3.05, 3.63) is 0 Å². The molecule has 4 saturated heterocycles. The number of nitrogens with zero attached hydrogens (tertiary/aromatic N) is 4. The summed E-state index contributed by atoms with van der Waals surface area (Å²) in [5, 5.41) is 9.06. The molecular weight excluding hydrogens is 576 g/mol. The van der Waals surface area contributed by atoms with E-state index in [0.29, 0.717) is 29.8 Å². The molecule has 46 heavy (non-hydrogen) atoms. The van der Waals surface area contributed by atoms with Crippen LogP contribution in [0.15, 0.2) is 0 Å². The molecule has 0 aromatic heterocycles. The van der Waals surface area contributed by atoms with Crippen molar-refractivity contribution in [3.8, 4) is 0 Å². The van der Waals surface area contributed by atoms with Gasteiger partial charge in [-0.2, -0.15) is 0 Å². The Morgan fingerprint density at radius 2 is 1.11 bits per heavy atom. The maximum Gasteiger partial charge on any atom is 0.323 e. The van der Waals surface area contributed by atoms with Gasteiger partial charge >= 0.3 is 5.97 Å². The fourth-order valence-electron chi connectivity index (χ4n) is 7.49.